The Morgan fingerprint density at radius 3 is 2.38 bits per heavy atom. The summed E-state index contributed by atoms with van der Waals surface area (Å²) in [6.45, 7) is -0.115. The average Bonchev–Trinajstić information content (AvgIpc) is 1.95. The number of carbonyl (C=O) groups is 1. The summed E-state index contributed by atoms with van der Waals surface area (Å²) in [6.07, 6.45) is 0. The Hall–Kier alpha value is -0.310. The molecule has 0 aliphatic rings. The molecule has 0 bridgehead atoms. The van der Waals surface area contributed by atoms with Gasteiger partial charge in [-0.05, 0) is 0 Å². The van der Waals surface area contributed by atoms with Crippen LogP contribution in [0.25, 0.3) is 0 Å². The van der Waals surface area contributed by atoms with Gasteiger partial charge < -0.3 is 10.4 Å². The van der Waals surface area contributed by atoms with Crippen molar-refractivity contribution in [1.82, 2.24) is 5.32 Å². The second-order valence-electron chi connectivity index (χ2n) is 2.31. The summed E-state index contributed by atoms with van der Waals surface area (Å²) in [5, 5.41) is 10.9. The first kappa shape index (κ1) is 12.7. The molecule has 6 nitrogen and oxygen atoms in total. The van der Waals surface area contributed by atoms with Gasteiger partial charge in [0.05, 0.1) is 5.75 Å². The second-order valence-corrected chi connectivity index (χ2v) is 4.25. The van der Waals surface area contributed by atoms with Gasteiger partial charge in [0.2, 0.25) is 0 Å². The minimum atomic E-state index is -4.03. The van der Waals surface area contributed by atoms with Crippen molar-refractivity contribution >= 4 is 28.7 Å². The van der Waals surface area contributed by atoms with Crippen molar-refractivity contribution in [3.05, 3.63) is 0 Å². The van der Waals surface area contributed by atoms with Gasteiger partial charge in [0.1, 0.15) is 6.04 Å². The van der Waals surface area contributed by atoms with E-state index in [1.807, 2.05) is 0 Å². The summed E-state index contributed by atoms with van der Waals surface area (Å²) in [4.78, 5) is 10.4. The minimum Gasteiger partial charge on any atom is -0.480 e. The number of hydrogen-bond acceptors (Lipinski definition) is 5. The van der Waals surface area contributed by atoms with E-state index in [-0.39, 0.29) is 12.3 Å². The molecule has 0 rings (SSSR count). The highest BCUT2D eigenvalue weighted by molar-refractivity contribution is 7.85. The summed E-state index contributed by atoms with van der Waals surface area (Å²) >= 11 is 3.75. The Balaban J connectivity index is 3.81. The molecule has 0 aliphatic heterocycles. The van der Waals surface area contributed by atoms with Gasteiger partial charge >= 0.3 is 5.97 Å². The third-order valence-corrected chi connectivity index (χ3v) is 2.32. The second kappa shape index (κ2) is 5.43. The molecule has 0 spiro atoms. The van der Waals surface area contributed by atoms with Crippen LogP contribution in [0, 0.1) is 0 Å². The van der Waals surface area contributed by atoms with Crippen molar-refractivity contribution in [3.63, 3.8) is 0 Å². The molecular formula is C5H11NO5S2. The largest absolute Gasteiger partial charge is 0.480 e. The topological polar surface area (TPSA) is 104 Å². The number of aliphatic carboxylic acids is 1. The lowest BCUT2D eigenvalue weighted by Gasteiger charge is -2.10. The monoisotopic (exact) mass is 229 g/mol. The standard InChI is InChI=1S/C5H11NO5S2/c7-5(8)4(3-12)6-1-2-13(9,10)11/h4,6,12H,1-3H2,(H,7,8)(H,9,10,11). The Morgan fingerprint density at radius 2 is 2.08 bits per heavy atom. The third kappa shape index (κ3) is 6.82. The zero-order chi connectivity index (χ0) is 10.5. The number of carboxylic acid groups (broad SMARTS) is 1. The number of thiol groups is 1. The Bertz CT molecular complexity index is 262. The zero-order valence-corrected chi connectivity index (χ0v) is 8.38. The zero-order valence-electron chi connectivity index (χ0n) is 6.67. The predicted octanol–water partition coefficient (Wildman–Crippen LogP) is -1.15. The van der Waals surface area contributed by atoms with E-state index in [9.17, 15) is 13.2 Å². The van der Waals surface area contributed by atoms with Crippen LogP contribution in [0.4, 0.5) is 0 Å². The van der Waals surface area contributed by atoms with E-state index in [1.54, 1.807) is 0 Å². The quantitative estimate of drug-likeness (QED) is 0.338. The summed E-state index contributed by atoms with van der Waals surface area (Å²) in [5.41, 5.74) is 0. The summed E-state index contributed by atoms with van der Waals surface area (Å²) < 4.78 is 28.7. The van der Waals surface area contributed by atoms with Gasteiger partial charge in [0.25, 0.3) is 10.1 Å². The Kier molecular flexibility index (Phi) is 5.30. The van der Waals surface area contributed by atoms with Crippen LogP contribution in [-0.4, -0.2) is 48.1 Å². The van der Waals surface area contributed by atoms with Crippen LogP contribution in [0.1, 0.15) is 0 Å². The van der Waals surface area contributed by atoms with Crippen molar-refractivity contribution in [2.24, 2.45) is 0 Å². The molecule has 13 heavy (non-hydrogen) atoms. The molecule has 3 N–H and O–H groups in total. The van der Waals surface area contributed by atoms with Crippen molar-refractivity contribution in [2.75, 3.05) is 18.1 Å². The molecule has 0 amide bonds. The molecule has 0 saturated heterocycles. The highest BCUT2D eigenvalue weighted by Crippen LogP contribution is 1.88. The Morgan fingerprint density at radius 1 is 1.54 bits per heavy atom. The lowest BCUT2D eigenvalue weighted by Crippen LogP contribution is -2.40. The fourth-order valence-corrected chi connectivity index (χ4v) is 1.25. The first-order chi connectivity index (χ1) is 5.87. The van der Waals surface area contributed by atoms with Gasteiger partial charge in [-0.15, -0.1) is 0 Å². The van der Waals surface area contributed by atoms with Gasteiger partial charge in [0, 0.05) is 12.3 Å². The first-order valence-corrected chi connectivity index (χ1v) is 5.63. The fraction of sp³-hybridized carbons (Fsp3) is 0.800. The number of nitrogens with one attached hydrogen (secondary N) is 1. The van der Waals surface area contributed by atoms with E-state index >= 15 is 0 Å². The van der Waals surface area contributed by atoms with E-state index in [0.29, 0.717) is 0 Å². The van der Waals surface area contributed by atoms with Crippen LogP contribution < -0.4 is 5.32 Å². The summed E-state index contributed by atoms with van der Waals surface area (Å²) in [7, 11) is -4.03. The summed E-state index contributed by atoms with van der Waals surface area (Å²) in [5.74, 6) is -1.56. The van der Waals surface area contributed by atoms with Crippen LogP contribution in [0.5, 0.6) is 0 Å². The van der Waals surface area contributed by atoms with Gasteiger partial charge in [-0.2, -0.15) is 21.0 Å². The maximum atomic E-state index is 10.4. The van der Waals surface area contributed by atoms with E-state index in [2.05, 4.69) is 17.9 Å². The SMILES string of the molecule is O=C(O)C(CS)NCCS(=O)(=O)O. The maximum Gasteiger partial charge on any atom is 0.321 e. The van der Waals surface area contributed by atoms with Crippen molar-refractivity contribution in [2.45, 2.75) is 6.04 Å². The van der Waals surface area contributed by atoms with Crippen molar-refractivity contribution < 1.29 is 22.9 Å². The molecule has 0 radical (unpaired) electrons. The van der Waals surface area contributed by atoms with Crippen LogP contribution in [0.15, 0.2) is 0 Å². The molecule has 0 aromatic heterocycles. The highest BCUT2D eigenvalue weighted by Gasteiger charge is 2.15. The smallest absolute Gasteiger partial charge is 0.321 e. The lowest BCUT2D eigenvalue weighted by molar-refractivity contribution is -0.138. The maximum absolute atomic E-state index is 10.4. The van der Waals surface area contributed by atoms with Crippen molar-refractivity contribution in [1.29, 1.82) is 0 Å². The normalized spacial score (nSPS) is 14.0. The first-order valence-electron chi connectivity index (χ1n) is 3.39. The predicted molar refractivity (Wildman–Crippen MR) is 49.7 cm³/mol. The molecule has 78 valence electrons. The van der Waals surface area contributed by atoms with Crippen LogP contribution >= 0.6 is 12.6 Å². The van der Waals surface area contributed by atoms with Crippen molar-refractivity contribution in [3.8, 4) is 0 Å². The molecule has 1 atom stereocenters. The molecule has 1 unspecified atom stereocenters. The van der Waals surface area contributed by atoms with Crippen LogP contribution in [-0.2, 0) is 14.9 Å². The molecule has 0 saturated carbocycles. The van der Waals surface area contributed by atoms with Gasteiger partial charge in [-0.3, -0.25) is 9.35 Å². The van der Waals surface area contributed by atoms with Gasteiger partial charge in [-0.1, -0.05) is 0 Å². The molecular weight excluding hydrogens is 218 g/mol. The number of carboxylic acids is 1. The minimum absolute atomic E-state index is 0.0564. The third-order valence-electron chi connectivity index (χ3n) is 1.23. The highest BCUT2D eigenvalue weighted by atomic mass is 32.2. The molecule has 0 aliphatic carbocycles. The number of hydrogen-bond donors (Lipinski definition) is 4. The van der Waals surface area contributed by atoms with Crippen LogP contribution in [0.3, 0.4) is 0 Å². The molecule has 0 aromatic rings. The van der Waals surface area contributed by atoms with E-state index in [4.69, 9.17) is 9.66 Å². The molecule has 0 aromatic carbocycles. The Labute approximate surface area is 81.5 Å². The summed E-state index contributed by atoms with van der Waals surface area (Å²) in [6, 6.07) is -0.898. The van der Waals surface area contributed by atoms with E-state index < -0.39 is 27.9 Å². The molecule has 0 heterocycles. The van der Waals surface area contributed by atoms with E-state index in [1.165, 1.54) is 0 Å². The van der Waals surface area contributed by atoms with Gasteiger partial charge in [-0.25, -0.2) is 0 Å². The number of rotatable bonds is 6. The van der Waals surface area contributed by atoms with Gasteiger partial charge in [0.15, 0.2) is 0 Å². The van der Waals surface area contributed by atoms with E-state index in [0.717, 1.165) is 0 Å². The molecule has 0 fully saturated rings. The lowest BCUT2D eigenvalue weighted by atomic mass is 10.3. The average molecular weight is 229 g/mol. The molecule has 8 heteroatoms. The van der Waals surface area contributed by atoms with Crippen LogP contribution in [0.2, 0.25) is 0 Å². The fourth-order valence-electron chi connectivity index (χ4n) is 0.592.